The third kappa shape index (κ3) is 15.8. The highest BCUT2D eigenvalue weighted by Crippen LogP contribution is 2.35. The molecule has 12 rings (SSSR count). The normalized spacial score (nSPS) is 9.54. The molecule has 0 unspecified atom stereocenters. The maximum Gasteiger partial charge on any atom is 0.369 e. The molecule has 0 bridgehead atoms. The van der Waals surface area contributed by atoms with Crippen molar-refractivity contribution in [1.29, 1.82) is 0 Å². The van der Waals surface area contributed by atoms with E-state index in [9.17, 15) is 0 Å². The second kappa shape index (κ2) is 38.0. The van der Waals surface area contributed by atoms with Crippen molar-refractivity contribution in [2.45, 2.75) is 145 Å². The van der Waals surface area contributed by atoms with Crippen LogP contribution in [-0.4, -0.2) is 18.3 Å². The Kier molecular flexibility index (Phi) is 33.4. The lowest BCUT2D eigenvalue weighted by Crippen LogP contribution is -2.33. The van der Waals surface area contributed by atoms with E-state index in [2.05, 4.69) is 270 Å². The molecule has 6 aromatic carbocycles. The van der Waals surface area contributed by atoms with E-state index in [0.29, 0.717) is 0 Å². The number of aromatic nitrogens is 7. The average Bonchev–Trinajstić information content (AvgIpc) is 4.31. The van der Waals surface area contributed by atoms with Crippen LogP contribution in [0.5, 0.6) is 0 Å². The van der Waals surface area contributed by atoms with Crippen molar-refractivity contribution >= 4 is 65.5 Å². The lowest BCUT2D eigenvalue weighted by molar-refractivity contribution is -0.665. The van der Waals surface area contributed by atoms with E-state index < -0.39 is 0 Å². The molecular formula is C74H106N7+3. The molecule has 0 saturated carbocycles. The summed E-state index contributed by atoms with van der Waals surface area (Å²) in [7, 11) is 8.38. The molecule has 0 fully saturated rings. The van der Waals surface area contributed by atoms with Gasteiger partial charge in [0.15, 0.2) is 0 Å². The van der Waals surface area contributed by atoms with E-state index in [-0.39, 0.29) is 0 Å². The van der Waals surface area contributed by atoms with Crippen molar-refractivity contribution in [2.24, 2.45) is 28.2 Å². The first-order valence-corrected chi connectivity index (χ1v) is 30.6. The van der Waals surface area contributed by atoms with Gasteiger partial charge in [0.1, 0.15) is 33.3 Å². The summed E-state index contributed by atoms with van der Waals surface area (Å²) in [5.74, 6) is 2.34. The maximum absolute atomic E-state index is 2.36. The Hall–Kier alpha value is -7.77. The number of pyridine rings is 2. The molecule has 0 aliphatic carbocycles. The first-order valence-electron chi connectivity index (χ1n) is 30.6. The first-order chi connectivity index (χ1) is 39.7. The zero-order valence-electron chi connectivity index (χ0n) is 55.0. The molecule has 7 nitrogen and oxygen atoms in total. The standard InChI is InChI=1S/2C19H17N2.C18H18N3.9C2H6/c1-14-8-3-5-11-17(14)21-18-12-6-4-9-15(18)16-10-7-13-20(2)19(16)21;1-14-8-7-10-16-15-9-3-4-11-17(15)21(19(14)16)18-12-5-6-13-20(18)2;1-13-7-6-9-15-14-8-4-5-10-16(14)21(17(13)15)18-19(2)11-12-20(18)3;9*1-2/h2*3-13H,1-2H3;4-12H,1-3H3;9*1-2H3/q3*+1;;;;;;;;;. The van der Waals surface area contributed by atoms with Gasteiger partial charge in [0.25, 0.3) is 11.5 Å². The van der Waals surface area contributed by atoms with Crippen LogP contribution in [0.25, 0.3) is 83.0 Å². The fraction of sp³-hybridized carbons (Fsp3) is 0.338. The summed E-state index contributed by atoms with van der Waals surface area (Å²) < 4.78 is 15.8. The minimum Gasteiger partial charge on any atom is -0.237 e. The molecular weight excluding hydrogens is 987 g/mol. The van der Waals surface area contributed by atoms with Crippen LogP contribution >= 0.6 is 0 Å². The zero-order valence-corrected chi connectivity index (χ0v) is 55.0. The van der Waals surface area contributed by atoms with Gasteiger partial charge in [-0.15, -0.1) is 0 Å². The van der Waals surface area contributed by atoms with E-state index >= 15 is 0 Å². The molecule has 0 aliphatic heterocycles. The summed E-state index contributed by atoms with van der Waals surface area (Å²) in [4.78, 5) is 0. The van der Waals surface area contributed by atoms with Gasteiger partial charge >= 0.3 is 5.95 Å². The summed E-state index contributed by atoms with van der Waals surface area (Å²) in [6.07, 6.45) is 8.38. The van der Waals surface area contributed by atoms with Crippen molar-refractivity contribution in [1.82, 2.24) is 18.3 Å². The van der Waals surface area contributed by atoms with Gasteiger partial charge < -0.3 is 0 Å². The first kappa shape index (κ1) is 71.2. The highest BCUT2D eigenvalue weighted by molar-refractivity contribution is 6.11. The number of nitrogens with zero attached hydrogens (tertiary/aromatic N) is 7. The Morgan fingerprint density at radius 3 is 1.14 bits per heavy atom. The highest BCUT2D eigenvalue weighted by Gasteiger charge is 2.25. The smallest absolute Gasteiger partial charge is 0.237 e. The van der Waals surface area contributed by atoms with E-state index in [1.165, 1.54) is 93.7 Å². The third-order valence-electron chi connectivity index (χ3n) is 12.5. The van der Waals surface area contributed by atoms with Gasteiger partial charge in [-0.1, -0.05) is 222 Å². The Balaban J connectivity index is 0.000000532. The average molecular weight is 1090 g/mol. The van der Waals surface area contributed by atoms with E-state index in [1.807, 2.05) is 125 Å². The number of aryl methyl sites for hydroxylation is 7. The second-order valence-corrected chi connectivity index (χ2v) is 16.6. The van der Waals surface area contributed by atoms with Crippen LogP contribution in [0.2, 0.25) is 0 Å². The fourth-order valence-corrected chi connectivity index (χ4v) is 9.63. The summed E-state index contributed by atoms with van der Waals surface area (Å²) in [5.41, 5.74) is 12.7. The number of rotatable bonds is 3. The molecule has 12 aromatic rings. The van der Waals surface area contributed by atoms with Crippen LogP contribution in [0.3, 0.4) is 0 Å². The number of imidazole rings is 1. The SMILES string of the molecule is CC.CC.CC.CC.CC.CC.CC.CC.CC.Cc1cccc2c3ccccc3n(-c3cccc[n+]3C)c12.Cc1cccc2c3ccccc3n(-c3n(C)cc[n+]3C)c12.Cc1ccccc1-n1c2ccccc2c2ccc[n+](C)c21. The summed E-state index contributed by atoms with van der Waals surface area (Å²) >= 11 is 0. The molecule has 0 spiro atoms. The van der Waals surface area contributed by atoms with Gasteiger partial charge in [-0.2, -0.15) is 13.7 Å². The summed E-state index contributed by atoms with van der Waals surface area (Å²) in [5, 5.41) is 7.82. The molecule has 6 aromatic heterocycles. The molecule has 0 saturated heterocycles. The van der Waals surface area contributed by atoms with Crippen LogP contribution in [0, 0.1) is 20.8 Å². The third-order valence-corrected chi connectivity index (χ3v) is 12.5. The van der Waals surface area contributed by atoms with Gasteiger partial charge in [-0.25, -0.2) is 18.3 Å². The maximum atomic E-state index is 2.36. The van der Waals surface area contributed by atoms with Gasteiger partial charge in [-0.3, -0.25) is 0 Å². The van der Waals surface area contributed by atoms with Gasteiger partial charge in [0.2, 0.25) is 0 Å². The molecule has 7 heteroatoms. The lowest BCUT2D eigenvalue weighted by Gasteiger charge is -2.04. The Bertz CT molecular complexity index is 3490. The highest BCUT2D eigenvalue weighted by atomic mass is 15.3. The van der Waals surface area contributed by atoms with Gasteiger partial charge in [0, 0.05) is 33.0 Å². The molecule has 81 heavy (non-hydrogen) atoms. The molecule has 0 N–H and O–H groups in total. The van der Waals surface area contributed by atoms with E-state index in [4.69, 9.17) is 0 Å². The summed E-state index contributed by atoms with van der Waals surface area (Å²) in [6, 6.07) is 58.1. The van der Waals surface area contributed by atoms with Crippen molar-refractivity contribution in [3.63, 3.8) is 0 Å². The zero-order chi connectivity index (χ0) is 61.4. The molecule has 0 aliphatic rings. The minimum absolute atomic E-state index is 1.16. The largest absolute Gasteiger partial charge is 0.369 e. The number of hydrogen-bond donors (Lipinski definition) is 0. The minimum atomic E-state index is 1.16. The Labute approximate surface area is 491 Å². The van der Waals surface area contributed by atoms with E-state index in [1.54, 1.807) is 0 Å². The van der Waals surface area contributed by atoms with Crippen molar-refractivity contribution in [3.8, 4) is 17.5 Å². The van der Waals surface area contributed by atoms with Gasteiger partial charge in [0.05, 0.1) is 58.4 Å². The monoisotopic (exact) mass is 1090 g/mol. The van der Waals surface area contributed by atoms with Crippen molar-refractivity contribution < 1.29 is 13.7 Å². The molecule has 6 heterocycles. The van der Waals surface area contributed by atoms with Crippen LogP contribution in [0.1, 0.15) is 141 Å². The van der Waals surface area contributed by atoms with Crippen LogP contribution in [0.4, 0.5) is 0 Å². The van der Waals surface area contributed by atoms with Crippen molar-refractivity contribution in [3.05, 3.63) is 205 Å². The fourth-order valence-electron chi connectivity index (χ4n) is 9.63. The van der Waals surface area contributed by atoms with Crippen molar-refractivity contribution in [2.75, 3.05) is 0 Å². The number of benzene rings is 6. The Morgan fingerprint density at radius 1 is 0.296 bits per heavy atom. The second-order valence-electron chi connectivity index (χ2n) is 16.6. The predicted molar refractivity (Wildman–Crippen MR) is 361 cm³/mol. The summed E-state index contributed by atoms with van der Waals surface area (Å²) in [6.45, 7) is 42.5. The molecule has 0 atom stereocenters. The van der Waals surface area contributed by atoms with Gasteiger partial charge in [-0.05, 0) is 98.1 Å². The Morgan fingerprint density at radius 2 is 0.667 bits per heavy atom. The van der Waals surface area contributed by atoms with Crippen LogP contribution in [-0.2, 0) is 28.2 Å². The number of hydrogen-bond acceptors (Lipinski definition) is 0. The predicted octanol–water partition coefficient (Wildman–Crippen LogP) is 20.3. The molecule has 0 radical (unpaired) electrons. The quantitative estimate of drug-likeness (QED) is 0.158. The lowest BCUT2D eigenvalue weighted by atomic mass is 10.1. The number of para-hydroxylation sites is 6. The number of fused-ring (bicyclic) bond motifs is 9. The topological polar surface area (TPSA) is 31.4 Å². The molecule has 0 amide bonds. The van der Waals surface area contributed by atoms with Crippen LogP contribution < -0.4 is 13.7 Å². The van der Waals surface area contributed by atoms with E-state index in [0.717, 1.165) is 5.95 Å². The molecule has 434 valence electrons. The van der Waals surface area contributed by atoms with Crippen LogP contribution in [0.15, 0.2) is 189 Å².